The van der Waals surface area contributed by atoms with Crippen LogP contribution < -0.4 is 5.73 Å². The Morgan fingerprint density at radius 2 is 1.93 bits per heavy atom. The van der Waals surface area contributed by atoms with Crippen LogP contribution in [0.3, 0.4) is 0 Å². The Hall–Kier alpha value is -1.50. The van der Waals surface area contributed by atoms with E-state index in [1.54, 1.807) is 0 Å². The zero-order valence-corrected chi connectivity index (χ0v) is 7.76. The van der Waals surface area contributed by atoms with E-state index in [1.165, 1.54) is 0 Å². The molecule has 0 aromatic heterocycles. The number of nitrogens with zero attached hydrogens (tertiary/aromatic N) is 1. The maximum Gasteiger partial charge on any atom is 0.424 e. The Morgan fingerprint density at radius 1 is 1.40 bits per heavy atom. The fourth-order valence-corrected chi connectivity index (χ4v) is 1.37. The Labute approximate surface area is 86.6 Å². The first-order valence-electron chi connectivity index (χ1n) is 3.54. The fourth-order valence-electron chi connectivity index (χ4n) is 1.04. The molecule has 4 nitrogen and oxygen atoms in total. The molecule has 1 aromatic rings. The van der Waals surface area contributed by atoms with Crippen molar-refractivity contribution in [3.05, 3.63) is 32.8 Å². The number of anilines is 1. The molecule has 0 spiro atoms. The zero-order chi connectivity index (χ0) is 11.8. The van der Waals surface area contributed by atoms with E-state index in [9.17, 15) is 23.3 Å². The third-order valence-corrected chi connectivity index (χ3v) is 1.87. The highest BCUT2D eigenvalue weighted by Gasteiger charge is 2.41. The predicted octanol–water partition coefficient (Wildman–Crippen LogP) is 2.85. The molecule has 8 heteroatoms. The molecular weight excluding hydrogens is 237 g/mol. The summed E-state index contributed by atoms with van der Waals surface area (Å²) < 4.78 is 37.1. The molecule has 0 aliphatic heterocycles. The lowest BCUT2D eigenvalue weighted by atomic mass is 10.1. The molecule has 0 saturated heterocycles. The van der Waals surface area contributed by atoms with Crippen LogP contribution in [0.5, 0.6) is 0 Å². The minimum Gasteiger partial charge on any atom is -0.398 e. The van der Waals surface area contributed by atoms with Gasteiger partial charge < -0.3 is 5.73 Å². The van der Waals surface area contributed by atoms with Gasteiger partial charge in [0.1, 0.15) is 0 Å². The lowest BCUT2D eigenvalue weighted by molar-refractivity contribution is -0.388. The van der Waals surface area contributed by atoms with Gasteiger partial charge in [-0.1, -0.05) is 11.6 Å². The molecule has 1 rings (SSSR count). The summed E-state index contributed by atoms with van der Waals surface area (Å²) in [6, 6.07) is 1.44. The summed E-state index contributed by atoms with van der Waals surface area (Å²) in [5.74, 6) is 0. The van der Waals surface area contributed by atoms with Crippen LogP contribution in [0.2, 0.25) is 5.02 Å². The maximum absolute atomic E-state index is 12.4. The van der Waals surface area contributed by atoms with Crippen molar-refractivity contribution in [3.8, 4) is 0 Å². The molecule has 0 amide bonds. The Bertz CT molecular complexity index is 419. The fraction of sp³-hybridized carbons (Fsp3) is 0.143. The van der Waals surface area contributed by atoms with Gasteiger partial charge in [0.15, 0.2) is 5.56 Å². The number of nitro groups is 1. The van der Waals surface area contributed by atoms with Gasteiger partial charge in [0.2, 0.25) is 0 Å². The minimum absolute atomic E-state index is 0.195. The monoisotopic (exact) mass is 240 g/mol. The highest BCUT2D eigenvalue weighted by atomic mass is 35.5. The summed E-state index contributed by atoms with van der Waals surface area (Å²) in [5, 5.41) is 9.58. The molecule has 0 bridgehead atoms. The number of nitrogen functional groups attached to an aromatic ring is 1. The quantitative estimate of drug-likeness (QED) is 0.466. The normalized spacial score (nSPS) is 11.5. The van der Waals surface area contributed by atoms with E-state index in [-0.39, 0.29) is 5.69 Å². The first-order chi connectivity index (χ1) is 6.73. The van der Waals surface area contributed by atoms with Gasteiger partial charge in [-0.2, -0.15) is 13.2 Å². The highest BCUT2D eigenvalue weighted by Crippen LogP contribution is 2.41. The van der Waals surface area contributed by atoms with E-state index in [4.69, 9.17) is 17.3 Å². The van der Waals surface area contributed by atoms with Crippen LogP contribution in [0.4, 0.5) is 24.5 Å². The number of rotatable bonds is 1. The van der Waals surface area contributed by atoms with Crippen LogP contribution in [0.1, 0.15) is 5.56 Å². The number of nitrogens with two attached hydrogens (primary N) is 1. The summed E-state index contributed by atoms with van der Waals surface area (Å²) in [5.41, 5.74) is 2.33. The van der Waals surface area contributed by atoms with Crippen LogP contribution in [0.15, 0.2) is 12.1 Å². The summed E-state index contributed by atoms with van der Waals surface area (Å²) in [4.78, 5) is 9.19. The van der Waals surface area contributed by atoms with E-state index in [1.807, 2.05) is 0 Å². The number of hydrogen-bond donors (Lipinski definition) is 1. The van der Waals surface area contributed by atoms with Gasteiger partial charge in [-0.05, 0) is 6.07 Å². The molecule has 0 radical (unpaired) electrons. The van der Waals surface area contributed by atoms with E-state index >= 15 is 0 Å². The van der Waals surface area contributed by atoms with Crippen molar-refractivity contribution in [2.24, 2.45) is 0 Å². The average molecular weight is 241 g/mol. The van der Waals surface area contributed by atoms with Crippen molar-refractivity contribution in [2.75, 3.05) is 5.73 Å². The number of hydrogen-bond acceptors (Lipinski definition) is 3. The third kappa shape index (κ3) is 2.30. The molecule has 0 aliphatic carbocycles. The molecule has 2 N–H and O–H groups in total. The molecule has 0 atom stereocenters. The average Bonchev–Trinajstić information content (AvgIpc) is 1.99. The van der Waals surface area contributed by atoms with Crippen LogP contribution in [-0.4, -0.2) is 4.92 Å². The number of alkyl halides is 3. The maximum atomic E-state index is 12.4. The van der Waals surface area contributed by atoms with Gasteiger partial charge in [-0.25, -0.2) is 0 Å². The van der Waals surface area contributed by atoms with Crippen LogP contribution in [0.25, 0.3) is 0 Å². The summed E-state index contributed by atoms with van der Waals surface area (Å²) >= 11 is 5.26. The Morgan fingerprint density at radius 3 is 2.33 bits per heavy atom. The number of benzene rings is 1. The second-order valence-electron chi connectivity index (χ2n) is 2.65. The van der Waals surface area contributed by atoms with Crippen molar-refractivity contribution in [2.45, 2.75) is 6.18 Å². The zero-order valence-electron chi connectivity index (χ0n) is 7.01. The van der Waals surface area contributed by atoms with Gasteiger partial charge in [-0.15, -0.1) is 0 Å². The highest BCUT2D eigenvalue weighted by molar-refractivity contribution is 6.32. The van der Waals surface area contributed by atoms with Crippen molar-refractivity contribution in [1.82, 2.24) is 0 Å². The Balaban J connectivity index is 3.55. The molecule has 15 heavy (non-hydrogen) atoms. The van der Waals surface area contributed by atoms with Gasteiger partial charge in [0, 0.05) is 11.8 Å². The lowest BCUT2D eigenvalue weighted by Gasteiger charge is -2.09. The van der Waals surface area contributed by atoms with Crippen molar-refractivity contribution >= 4 is 23.0 Å². The third-order valence-electron chi connectivity index (χ3n) is 1.57. The summed E-state index contributed by atoms with van der Waals surface area (Å²) in [7, 11) is 0. The largest absolute Gasteiger partial charge is 0.424 e. The molecule has 1 aromatic carbocycles. The molecule has 0 fully saturated rings. The van der Waals surface area contributed by atoms with Crippen LogP contribution in [-0.2, 0) is 6.18 Å². The number of nitro benzene ring substituents is 1. The second-order valence-corrected chi connectivity index (χ2v) is 3.06. The summed E-state index contributed by atoms with van der Waals surface area (Å²) in [6.45, 7) is 0. The lowest BCUT2D eigenvalue weighted by Crippen LogP contribution is -2.10. The van der Waals surface area contributed by atoms with E-state index in [2.05, 4.69) is 0 Å². The van der Waals surface area contributed by atoms with Crippen molar-refractivity contribution in [3.63, 3.8) is 0 Å². The molecule has 0 heterocycles. The SMILES string of the molecule is Nc1cc(Cl)c(C(F)(F)F)c([N+](=O)[O-])c1. The molecule has 0 saturated carbocycles. The van der Waals surface area contributed by atoms with Crippen molar-refractivity contribution in [1.29, 1.82) is 0 Å². The van der Waals surface area contributed by atoms with Crippen LogP contribution >= 0.6 is 11.6 Å². The summed E-state index contributed by atoms with van der Waals surface area (Å²) in [6.07, 6.45) is -4.88. The molecule has 0 aliphatic rings. The standard InChI is InChI=1S/C7H4ClF3N2O2/c8-4-1-3(12)2-5(13(14)15)6(4)7(9,10)11/h1-2H,12H2. The van der Waals surface area contributed by atoms with Gasteiger partial charge in [0.25, 0.3) is 5.69 Å². The van der Waals surface area contributed by atoms with E-state index in [0.717, 1.165) is 6.07 Å². The van der Waals surface area contributed by atoms with Gasteiger partial charge >= 0.3 is 6.18 Å². The smallest absolute Gasteiger partial charge is 0.398 e. The van der Waals surface area contributed by atoms with E-state index < -0.39 is 27.4 Å². The molecule has 0 unspecified atom stereocenters. The predicted molar refractivity (Wildman–Crippen MR) is 47.5 cm³/mol. The Kier molecular flexibility index (Phi) is 2.76. The van der Waals surface area contributed by atoms with Crippen molar-refractivity contribution < 1.29 is 18.1 Å². The number of halogens is 4. The topological polar surface area (TPSA) is 69.2 Å². The molecule has 82 valence electrons. The second kappa shape index (κ2) is 3.58. The van der Waals surface area contributed by atoms with E-state index in [0.29, 0.717) is 6.07 Å². The van der Waals surface area contributed by atoms with Gasteiger partial charge in [0.05, 0.1) is 9.95 Å². The van der Waals surface area contributed by atoms with Gasteiger partial charge in [-0.3, -0.25) is 10.1 Å². The van der Waals surface area contributed by atoms with Crippen LogP contribution in [0, 0.1) is 10.1 Å². The minimum atomic E-state index is -4.88. The first kappa shape index (κ1) is 11.6. The molecular formula is C7H4ClF3N2O2. The first-order valence-corrected chi connectivity index (χ1v) is 3.92.